The molecular formula is C13H22N2O3S. The normalized spacial score (nSPS) is 11.7. The zero-order chi connectivity index (χ0) is 14.3. The van der Waals surface area contributed by atoms with E-state index in [2.05, 4.69) is 4.72 Å². The van der Waals surface area contributed by atoms with Crippen LogP contribution in [0.2, 0.25) is 0 Å². The van der Waals surface area contributed by atoms with E-state index in [4.69, 9.17) is 10.5 Å². The predicted molar refractivity (Wildman–Crippen MR) is 76.5 cm³/mol. The van der Waals surface area contributed by atoms with Gasteiger partial charge in [0.05, 0.1) is 5.69 Å². The van der Waals surface area contributed by atoms with Gasteiger partial charge in [-0.1, -0.05) is 19.1 Å². The van der Waals surface area contributed by atoms with E-state index in [1.54, 1.807) is 25.1 Å². The fourth-order valence-corrected chi connectivity index (χ4v) is 3.17. The second-order valence-electron chi connectivity index (χ2n) is 4.36. The molecule has 0 fully saturated rings. The van der Waals surface area contributed by atoms with Gasteiger partial charge in [0.2, 0.25) is 10.0 Å². The van der Waals surface area contributed by atoms with Gasteiger partial charge in [0.1, 0.15) is 4.90 Å². The summed E-state index contributed by atoms with van der Waals surface area (Å²) in [5, 5.41) is 0. The molecule has 5 nitrogen and oxygen atoms in total. The monoisotopic (exact) mass is 286 g/mol. The molecule has 0 spiro atoms. The Morgan fingerprint density at radius 3 is 2.68 bits per heavy atom. The van der Waals surface area contributed by atoms with Crippen molar-refractivity contribution < 1.29 is 13.2 Å². The van der Waals surface area contributed by atoms with E-state index in [0.717, 1.165) is 6.42 Å². The van der Waals surface area contributed by atoms with E-state index >= 15 is 0 Å². The van der Waals surface area contributed by atoms with Crippen molar-refractivity contribution in [2.75, 3.05) is 25.5 Å². The number of anilines is 1. The number of nitrogens with one attached hydrogen (secondary N) is 1. The van der Waals surface area contributed by atoms with E-state index in [0.29, 0.717) is 31.7 Å². The van der Waals surface area contributed by atoms with Gasteiger partial charge in [0, 0.05) is 19.8 Å². The SMILES string of the molecule is CCCOCCCNS(=O)(=O)c1c(C)cccc1N. The number of hydrogen-bond acceptors (Lipinski definition) is 4. The molecule has 6 heteroatoms. The molecule has 0 radical (unpaired) electrons. The van der Waals surface area contributed by atoms with Crippen LogP contribution in [0.4, 0.5) is 5.69 Å². The lowest BCUT2D eigenvalue weighted by atomic mass is 10.2. The fraction of sp³-hybridized carbons (Fsp3) is 0.538. The number of ether oxygens (including phenoxy) is 1. The first-order valence-electron chi connectivity index (χ1n) is 6.41. The molecular weight excluding hydrogens is 264 g/mol. The highest BCUT2D eigenvalue weighted by atomic mass is 32.2. The topological polar surface area (TPSA) is 81.4 Å². The molecule has 1 aromatic rings. The molecule has 0 aliphatic heterocycles. The van der Waals surface area contributed by atoms with E-state index < -0.39 is 10.0 Å². The number of nitrogens with two attached hydrogens (primary N) is 1. The summed E-state index contributed by atoms with van der Waals surface area (Å²) < 4.78 is 32.1. The van der Waals surface area contributed by atoms with Crippen molar-refractivity contribution in [1.29, 1.82) is 0 Å². The smallest absolute Gasteiger partial charge is 0.242 e. The summed E-state index contributed by atoms with van der Waals surface area (Å²) in [5.74, 6) is 0. The van der Waals surface area contributed by atoms with Crippen molar-refractivity contribution in [1.82, 2.24) is 4.72 Å². The minimum absolute atomic E-state index is 0.171. The van der Waals surface area contributed by atoms with Crippen molar-refractivity contribution in [2.45, 2.75) is 31.6 Å². The molecule has 0 atom stereocenters. The van der Waals surface area contributed by atoms with Gasteiger partial charge in [-0.15, -0.1) is 0 Å². The van der Waals surface area contributed by atoms with E-state index in [1.807, 2.05) is 6.92 Å². The van der Waals surface area contributed by atoms with Gasteiger partial charge < -0.3 is 10.5 Å². The summed E-state index contributed by atoms with van der Waals surface area (Å²) in [6.45, 7) is 5.37. The maximum atomic E-state index is 12.1. The van der Waals surface area contributed by atoms with Gasteiger partial charge >= 0.3 is 0 Å². The zero-order valence-corrected chi connectivity index (χ0v) is 12.3. The Hall–Kier alpha value is -1.11. The number of sulfonamides is 1. The average Bonchev–Trinajstić information content (AvgIpc) is 2.33. The molecule has 0 amide bonds. The van der Waals surface area contributed by atoms with Crippen molar-refractivity contribution in [3.63, 3.8) is 0 Å². The van der Waals surface area contributed by atoms with Crippen molar-refractivity contribution in [3.05, 3.63) is 23.8 Å². The van der Waals surface area contributed by atoms with Crippen LogP contribution < -0.4 is 10.5 Å². The van der Waals surface area contributed by atoms with E-state index in [9.17, 15) is 8.42 Å². The molecule has 0 saturated heterocycles. The third kappa shape index (κ3) is 4.81. The highest BCUT2D eigenvalue weighted by Gasteiger charge is 2.18. The predicted octanol–water partition coefficient (Wildman–Crippen LogP) is 1.67. The Morgan fingerprint density at radius 1 is 1.32 bits per heavy atom. The summed E-state index contributed by atoms with van der Waals surface area (Å²) in [6, 6.07) is 5.06. The van der Waals surface area contributed by atoms with Gasteiger partial charge in [-0.05, 0) is 31.4 Å². The standard InChI is InChI=1S/C13H22N2O3S/c1-3-9-18-10-5-8-15-19(16,17)13-11(2)6-4-7-12(13)14/h4,6-7,15H,3,5,8-10,14H2,1-2H3. The Kier molecular flexibility index (Phi) is 6.27. The number of aryl methyl sites for hydroxylation is 1. The number of hydrogen-bond donors (Lipinski definition) is 2. The molecule has 3 N–H and O–H groups in total. The molecule has 0 saturated carbocycles. The number of nitrogen functional groups attached to an aromatic ring is 1. The molecule has 0 aliphatic carbocycles. The van der Waals surface area contributed by atoms with Crippen LogP contribution in [0.15, 0.2) is 23.1 Å². The fourth-order valence-electron chi connectivity index (χ4n) is 1.74. The third-order valence-electron chi connectivity index (χ3n) is 2.62. The van der Waals surface area contributed by atoms with Gasteiger partial charge in [-0.3, -0.25) is 0 Å². The number of rotatable bonds is 8. The lowest BCUT2D eigenvalue weighted by Crippen LogP contribution is -2.27. The highest BCUT2D eigenvalue weighted by Crippen LogP contribution is 2.21. The van der Waals surface area contributed by atoms with Crippen molar-refractivity contribution >= 4 is 15.7 Å². The zero-order valence-electron chi connectivity index (χ0n) is 11.5. The van der Waals surface area contributed by atoms with Crippen molar-refractivity contribution in [2.24, 2.45) is 0 Å². The maximum absolute atomic E-state index is 12.1. The van der Waals surface area contributed by atoms with Crippen LogP contribution in [0, 0.1) is 6.92 Å². The van der Waals surface area contributed by atoms with Crippen LogP contribution in [-0.4, -0.2) is 28.2 Å². The summed E-state index contributed by atoms with van der Waals surface area (Å²) in [5.41, 5.74) is 6.65. The Bertz CT molecular complexity index is 480. The van der Waals surface area contributed by atoms with Crippen LogP contribution in [0.5, 0.6) is 0 Å². The van der Waals surface area contributed by atoms with Gasteiger partial charge in [-0.2, -0.15) is 0 Å². The summed E-state index contributed by atoms with van der Waals surface area (Å²) in [4.78, 5) is 0.171. The second kappa shape index (κ2) is 7.47. The minimum atomic E-state index is -3.54. The molecule has 19 heavy (non-hydrogen) atoms. The molecule has 0 bridgehead atoms. The summed E-state index contributed by atoms with van der Waals surface area (Å²) in [7, 11) is -3.54. The highest BCUT2D eigenvalue weighted by molar-refractivity contribution is 7.89. The molecule has 0 unspecified atom stereocenters. The van der Waals surface area contributed by atoms with Gasteiger partial charge in [0.15, 0.2) is 0 Å². The van der Waals surface area contributed by atoms with Crippen LogP contribution in [0.1, 0.15) is 25.3 Å². The molecule has 0 aliphatic rings. The lowest BCUT2D eigenvalue weighted by Gasteiger charge is -2.11. The average molecular weight is 286 g/mol. The first-order valence-corrected chi connectivity index (χ1v) is 7.90. The van der Waals surface area contributed by atoms with Crippen LogP contribution in [-0.2, 0) is 14.8 Å². The Balaban J connectivity index is 2.57. The molecule has 108 valence electrons. The largest absolute Gasteiger partial charge is 0.398 e. The van der Waals surface area contributed by atoms with Crippen LogP contribution in [0.25, 0.3) is 0 Å². The van der Waals surface area contributed by atoms with Crippen LogP contribution in [0.3, 0.4) is 0 Å². The summed E-state index contributed by atoms with van der Waals surface area (Å²) >= 11 is 0. The van der Waals surface area contributed by atoms with Crippen molar-refractivity contribution in [3.8, 4) is 0 Å². The molecule has 1 rings (SSSR count). The van der Waals surface area contributed by atoms with E-state index in [1.165, 1.54) is 0 Å². The maximum Gasteiger partial charge on any atom is 0.242 e. The first-order chi connectivity index (χ1) is 8.99. The van der Waals surface area contributed by atoms with Gasteiger partial charge in [0.25, 0.3) is 0 Å². The third-order valence-corrected chi connectivity index (χ3v) is 4.30. The quantitative estimate of drug-likeness (QED) is 0.562. The minimum Gasteiger partial charge on any atom is -0.398 e. The van der Waals surface area contributed by atoms with Crippen LogP contribution >= 0.6 is 0 Å². The Labute approximate surface area is 115 Å². The van der Waals surface area contributed by atoms with E-state index in [-0.39, 0.29) is 10.6 Å². The van der Waals surface area contributed by atoms with Gasteiger partial charge in [-0.25, -0.2) is 13.1 Å². The number of benzene rings is 1. The molecule has 1 aromatic carbocycles. The molecule has 0 heterocycles. The second-order valence-corrected chi connectivity index (χ2v) is 6.06. The lowest BCUT2D eigenvalue weighted by molar-refractivity contribution is 0.133. The first kappa shape index (κ1) is 15.9. The molecule has 0 aromatic heterocycles. The summed E-state index contributed by atoms with van der Waals surface area (Å²) in [6.07, 6.45) is 1.61. The Morgan fingerprint density at radius 2 is 2.05 bits per heavy atom.